The van der Waals surface area contributed by atoms with E-state index in [-0.39, 0.29) is 11.4 Å². The fourth-order valence-electron chi connectivity index (χ4n) is 1.71. The zero-order valence-electron chi connectivity index (χ0n) is 11.4. The predicted molar refractivity (Wildman–Crippen MR) is 74.8 cm³/mol. The minimum atomic E-state index is -3.53. The van der Waals surface area contributed by atoms with Crippen LogP contribution in [0.25, 0.3) is 0 Å². The number of sulfonamides is 1. The van der Waals surface area contributed by atoms with Crippen LogP contribution in [0.1, 0.15) is 12.6 Å². The van der Waals surface area contributed by atoms with Crippen molar-refractivity contribution in [1.29, 1.82) is 0 Å². The van der Waals surface area contributed by atoms with Crippen molar-refractivity contribution in [2.75, 3.05) is 6.61 Å². The molecular formula is C13H17N3O3S. The predicted octanol–water partition coefficient (Wildman–Crippen LogP) is 1.30. The molecule has 0 saturated carbocycles. The van der Waals surface area contributed by atoms with Gasteiger partial charge in [0, 0.05) is 13.2 Å². The quantitative estimate of drug-likeness (QED) is 0.871. The van der Waals surface area contributed by atoms with E-state index >= 15 is 0 Å². The van der Waals surface area contributed by atoms with Crippen LogP contribution in [0.2, 0.25) is 0 Å². The molecule has 0 aliphatic carbocycles. The lowest BCUT2D eigenvalue weighted by Gasteiger charge is -2.08. The molecule has 0 bridgehead atoms. The summed E-state index contributed by atoms with van der Waals surface area (Å²) in [7, 11) is -1.77. The maximum atomic E-state index is 12.1. The van der Waals surface area contributed by atoms with E-state index in [2.05, 4.69) is 9.82 Å². The van der Waals surface area contributed by atoms with Gasteiger partial charge in [0.1, 0.15) is 5.75 Å². The van der Waals surface area contributed by atoms with Gasteiger partial charge in [0.15, 0.2) is 0 Å². The molecular weight excluding hydrogens is 278 g/mol. The van der Waals surface area contributed by atoms with Crippen LogP contribution in [-0.2, 0) is 23.6 Å². The Kier molecular flexibility index (Phi) is 4.41. The molecule has 0 saturated heterocycles. The number of aryl methyl sites for hydroxylation is 1. The SMILES string of the molecule is CCOc1ccc(S(=O)(=O)NCc2ccnn2C)cc1. The molecule has 0 fully saturated rings. The van der Waals surface area contributed by atoms with Gasteiger partial charge in [-0.2, -0.15) is 5.10 Å². The molecule has 1 aromatic carbocycles. The third-order valence-corrected chi connectivity index (χ3v) is 4.23. The Labute approximate surface area is 118 Å². The Bertz CT molecular complexity index is 662. The minimum absolute atomic E-state index is 0.200. The molecule has 0 radical (unpaired) electrons. The normalized spacial score (nSPS) is 11.5. The zero-order valence-corrected chi connectivity index (χ0v) is 12.2. The van der Waals surface area contributed by atoms with Crippen molar-refractivity contribution in [3.05, 3.63) is 42.2 Å². The summed E-state index contributed by atoms with van der Waals surface area (Å²) in [5.74, 6) is 0.651. The first-order chi connectivity index (χ1) is 9.53. The standard InChI is InChI=1S/C13H17N3O3S/c1-3-19-12-4-6-13(7-5-12)20(17,18)15-10-11-8-9-14-16(11)2/h4-9,15H,3,10H2,1-2H3. The van der Waals surface area contributed by atoms with Crippen molar-refractivity contribution < 1.29 is 13.2 Å². The van der Waals surface area contributed by atoms with E-state index in [1.54, 1.807) is 36.1 Å². The highest BCUT2D eigenvalue weighted by Crippen LogP contribution is 2.16. The fraction of sp³-hybridized carbons (Fsp3) is 0.308. The molecule has 2 rings (SSSR count). The smallest absolute Gasteiger partial charge is 0.240 e. The van der Waals surface area contributed by atoms with Gasteiger partial charge in [-0.1, -0.05) is 0 Å². The van der Waals surface area contributed by atoms with E-state index in [1.165, 1.54) is 12.1 Å². The largest absolute Gasteiger partial charge is 0.494 e. The van der Waals surface area contributed by atoms with Crippen molar-refractivity contribution in [2.24, 2.45) is 7.05 Å². The third kappa shape index (κ3) is 3.37. The highest BCUT2D eigenvalue weighted by Gasteiger charge is 2.14. The molecule has 0 unspecified atom stereocenters. The van der Waals surface area contributed by atoms with Crippen LogP contribution in [0.5, 0.6) is 5.75 Å². The Morgan fingerprint density at radius 3 is 2.50 bits per heavy atom. The van der Waals surface area contributed by atoms with Gasteiger partial charge in [0.2, 0.25) is 10.0 Å². The van der Waals surface area contributed by atoms with Gasteiger partial charge in [-0.05, 0) is 37.3 Å². The van der Waals surface area contributed by atoms with Gasteiger partial charge in [-0.25, -0.2) is 13.1 Å². The van der Waals surface area contributed by atoms with Crippen LogP contribution >= 0.6 is 0 Å². The summed E-state index contributed by atoms with van der Waals surface area (Å²) in [5, 5.41) is 3.99. The van der Waals surface area contributed by atoms with Crippen LogP contribution in [0.4, 0.5) is 0 Å². The summed E-state index contributed by atoms with van der Waals surface area (Å²) in [6, 6.07) is 8.10. The summed E-state index contributed by atoms with van der Waals surface area (Å²) in [6.07, 6.45) is 1.63. The summed E-state index contributed by atoms with van der Waals surface area (Å²) >= 11 is 0. The molecule has 108 valence electrons. The van der Waals surface area contributed by atoms with Crippen molar-refractivity contribution in [2.45, 2.75) is 18.4 Å². The van der Waals surface area contributed by atoms with E-state index in [0.717, 1.165) is 5.69 Å². The molecule has 0 amide bonds. The van der Waals surface area contributed by atoms with Gasteiger partial charge in [0.05, 0.1) is 23.7 Å². The van der Waals surface area contributed by atoms with Crippen molar-refractivity contribution in [3.63, 3.8) is 0 Å². The highest BCUT2D eigenvalue weighted by atomic mass is 32.2. The number of rotatable bonds is 6. The van der Waals surface area contributed by atoms with Gasteiger partial charge in [-0.3, -0.25) is 4.68 Å². The lowest BCUT2D eigenvalue weighted by Crippen LogP contribution is -2.24. The second-order valence-electron chi connectivity index (χ2n) is 4.18. The van der Waals surface area contributed by atoms with E-state index in [4.69, 9.17) is 4.74 Å². The van der Waals surface area contributed by atoms with E-state index < -0.39 is 10.0 Å². The average molecular weight is 295 g/mol. The maximum Gasteiger partial charge on any atom is 0.240 e. The molecule has 0 aliphatic rings. The monoisotopic (exact) mass is 295 g/mol. The molecule has 0 atom stereocenters. The number of nitrogens with zero attached hydrogens (tertiary/aromatic N) is 2. The number of aromatic nitrogens is 2. The first-order valence-electron chi connectivity index (χ1n) is 6.22. The molecule has 20 heavy (non-hydrogen) atoms. The van der Waals surface area contributed by atoms with E-state index in [9.17, 15) is 8.42 Å². The molecule has 6 nitrogen and oxygen atoms in total. The van der Waals surface area contributed by atoms with E-state index in [0.29, 0.717) is 12.4 Å². The molecule has 1 heterocycles. The van der Waals surface area contributed by atoms with Crippen LogP contribution < -0.4 is 9.46 Å². The Balaban J connectivity index is 2.08. The number of nitrogens with one attached hydrogen (secondary N) is 1. The Morgan fingerprint density at radius 1 is 1.25 bits per heavy atom. The van der Waals surface area contributed by atoms with E-state index in [1.807, 2.05) is 6.92 Å². The number of hydrogen-bond acceptors (Lipinski definition) is 4. The zero-order chi connectivity index (χ0) is 14.6. The number of benzene rings is 1. The summed E-state index contributed by atoms with van der Waals surface area (Å²) in [4.78, 5) is 0.211. The average Bonchev–Trinajstić information content (AvgIpc) is 2.83. The Hall–Kier alpha value is -1.86. The Morgan fingerprint density at radius 2 is 1.95 bits per heavy atom. The molecule has 0 aliphatic heterocycles. The van der Waals surface area contributed by atoms with Crippen LogP contribution in [-0.4, -0.2) is 24.8 Å². The van der Waals surface area contributed by atoms with Crippen molar-refractivity contribution >= 4 is 10.0 Å². The second-order valence-corrected chi connectivity index (χ2v) is 5.94. The summed E-state index contributed by atoms with van der Waals surface area (Å²) in [5.41, 5.74) is 0.791. The molecule has 1 N–H and O–H groups in total. The fourth-order valence-corrected chi connectivity index (χ4v) is 2.71. The van der Waals surface area contributed by atoms with Crippen LogP contribution in [0, 0.1) is 0 Å². The van der Waals surface area contributed by atoms with Gasteiger partial charge >= 0.3 is 0 Å². The van der Waals surface area contributed by atoms with Crippen molar-refractivity contribution in [1.82, 2.24) is 14.5 Å². The number of hydrogen-bond donors (Lipinski definition) is 1. The lowest BCUT2D eigenvalue weighted by molar-refractivity contribution is 0.340. The summed E-state index contributed by atoms with van der Waals surface area (Å²) < 4.78 is 33.7. The molecule has 0 spiro atoms. The summed E-state index contributed by atoms with van der Waals surface area (Å²) in [6.45, 7) is 2.62. The second kappa shape index (κ2) is 6.06. The molecule has 1 aromatic heterocycles. The maximum absolute atomic E-state index is 12.1. The number of ether oxygens (including phenoxy) is 1. The van der Waals surface area contributed by atoms with Gasteiger partial charge in [0.25, 0.3) is 0 Å². The minimum Gasteiger partial charge on any atom is -0.494 e. The first kappa shape index (κ1) is 14.5. The van der Waals surface area contributed by atoms with Crippen LogP contribution in [0.3, 0.4) is 0 Å². The molecule has 2 aromatic rings. The van der Waals surface area contributed by atoms with Gasteiger partial charge in [-0.15, -0.1) is 0 Å². The van der Waals surface area contributed by atoms with Crippen molar-refractivity contribution in [3.8, 4) is 5.75 Å². The first-order valence-corrected chi connectivity index (χ1v) is 7.70. The molecule has 7 heteroatoms. The van der Waals surface area contributed by atoms with Crippen LogP contribution in [0.15, 0.2) is 41.4 Å². The topological polar surface area (TPSA) is 73.2 Å². The highest BCUT2D eigenvalue weighted by molar-refractivity contribution is 7.89. The lowest BCUT2D eigenvalue weighted by atomic mass is 10.3. The third-order valence-electron chi connectivity index (χ3n) is 2.81. The van der Waals surface area contributed by atoms with Gasteiger partial charge < -0.3 is 4.74 Å².